The van der Waals surface area contributed by atoms with Crippen molar-refractivity contribution in [2.75, 3.05) is 56.2 Å². The Kier molecular flexibility index (Phi) is 6.79. The highest BCUT2D eigenvalue weighted by atomic mass is 16.5. The number of benzene rings is 1. The summed E-state index contributed by atoms with van der Waals surface area (Å²) < 4.78 is 6.28. The number of ether oxygens (including phenoxy) is 1. The van der Waals surface area contributed by atoms with Gasteiger partial charge in [-0.1, -0.05) is 6.07 Å². The Labute approximate surface area is 219 Å². The van der Waals surface area contributed by atoms with Gasteiger partial charge in [-0.2, -0.15) is 9.97 Å². The number of likely N-dealkylation sites (tertiary alicyclic amines) is 1. The van der Waals surface area contributed by atoms with E-state index in [-0.39, 0.29) is 0 Å². The minimum atomic E-state index is 0.400. The first-order valence-electron chi connectivity index (χ1n) is 13.6. The van der Waals surface area contributed by atoms with Crippen molar-refractivity contribution in [3.05, 3.63) is 59.2 Å². The van der Waals surface area contributed by atoms with Crippen molar-refractivity contribution in [3.8, 4) is 6.01 Å². The zero-order valence-electron chi connectivity index (χ0n) is 21.6. The predicted octanol–water partition coefficient (Wildman–Crippen LogP) is 4.20. The summed E-state index contributed by atoms with van der Waals surface area (Å²) >= 11 is 0. The van der Waals surface area contributed by atoms with Crippen molar-refractivity contribution in [3.63, 3.8) is 0 Å². The zero-order chi connectivity index (χ0) is 25.2. The minimum absolute atomic E-state index is 0.400. The minimum Gasteiger partial charge on any atom is -0.462 e. The van der Waals surface area contributed by atoms with Gasteiger partial charge in [-0.05, 0) is 70.0 Å². The summed E-state index contributed by atoms with van der Waals surface area (Å²) in [6, 6.07) is 11.4. The molecule has 3 aliphatic rings. The average molecular weight is 498 g/mol. The molecule has 3 aromatic rings. The lowest BCUT2D eigenvalue weighted by molar-refractivity contribution is 0.187. The first kappa shape index (κ1) is 23.9. The van der Waals surface area contributed by atoms with Gasteiger partial charge in [0.1, 0.15) is 12.4 Å². The number of nitrogens with zero attached hydrogens (tertiary/aromatic N) is 7. The summed E-state index contributed by atoms with van der Waals surface area (Å²) in [5.74, 6) is 1.42. The van der Waals surface area contributed by atoms with E-state index in [1.807, 2.05) is 12.3 Å². The molecule has 8 nitrogen and oxygen atoms in total. The molecular formula is C29H35N7O. The summed E-state index contributed by atoms with van der Waals surface area (Å²) in [6.07, 6.45) is 7.32. The molecule has 8 heteroatoms. The van der Waals surface area contributed by atoms with Crippen molar-refractivity contribution < 1.29 is 4.74 Å². The lowest BCUT2D eigenvalue weighted by Gasteiger charge is -2.36. The second-order valence-corrected chi connectivity index (χ2v) is 10.7. The maximum absolute atomic E-state index is 7.36. The molecule has 0 saturated carbocycles. The van der Waals surface area contributed by atoms with Crippen LogP contribution in [0.2, 0.25) is 0 Å². The maximum Gasteiger partial charge on any atom is 0.318 e. The quantitative estimate of drug-likeness (QED) is 0.473. The number of pyridine rings is 1. The van der Waals surface area contributed by atoms with Crippen LogP contribution in [0.3, 0.4) is 0 Å². The molecule has 2 fully saturated rings. The van der Waals surface area contributed by atoms with Gasteiger partial charge in [0.2, 0.25) is 6.54 Å². The number of fused-ring (bicyclic) bond motifs is 2. The highest BCUT2D eigenvalue weighted by molar-refractivity contribution is 5.91. The Morgan fingerprint density at radius 3 is 2.84 bits per heavy atom. The Bertz CT molecular complexity index is 1300. The molecule has 0 spiro atoms. The van der Waals surface area contributed by atoms with Crippen molar-refractivity contribution >= 4 is 22.4 Å². The van der Waals surface area contributed by atoms with Gasteiger partial charge < -0.3 is 24.3 Å². The molecule has 2 aromatic heterocycles. The molecule has 3 aliphatic heterocycles. The third-order valence-electron chi connectivity index (χ3n) is 8.23. The van der Waals surface area contributed by atoms with E-state index in [1.165, 1.54) is 23.1 Å². The summed E-state index contributed by atoms with van der Waals surface area (Å²) in [5.41, 5.74) is 4.50. The molecule has 6 rings (SSSR count). The third kappa shape index (κ3) is 4.93. The molecule has 0 bridgehead atoms. The van der Waals surface area contributed by atoms with E-state index in [0.717, 1.165) is 75.4 Å². The fraction of sp³-hybridized carbons (Fsp3) is 0.517. The standard InChI is InChI=1S/C29H35N7O/c1-30-17-21-7-5-15-36(18-21)28-24-12-16-35(27-11-3-10-25-23(27)9-4-13-31-25)19-26(24)32-29(33-28)37-20-22-8-6-14-34(22)2/h3-4,9-11,13,21-22H,5-8,12,14-20H2,2H3/t21?,22-/m0/s1. The molecular weight excluding hydrogens is 462 g/mol. The van der Waals surface area contributed by atoms with Crippen LogP contribution in [0.15, 0.2) is 36.5 Å². The van der Waals surface area contributed by atoms with Crippen LogP contribution in [-0.2, 0) is 13.0 Å². The second kappa shape index (κ2) is 10.5. The first-order chi connectivity index (χ1) is 18.2. The molecule has 0 aliphatic carbocycles. The molecule has 192 valence electrons. The maximum atomic E-state index is 7.36. The largest absolute Gasteiger partial charge is 0.462 e. The van der Waals surface area contributed by atoms with Gasteiger partial charge in [0.05, 0.1) is 17.8 Å². The lowest BCUT2D eigenvalue weighted by Crippen LogP contribution is -2.39. The molecule has 1 unspecified atom stereocenters. The van der Waals surface area contributed by atoms with Crippen LogP contribution < -0.4 is 14.5 Å². The Morgan fingerprint density at radius 2 is 1.97 bits per heavy atom. The van der Waals surface area contributed by atoms with Gasteiger partial charge in [0.25, 0.3) is 0 Å². The van der Waals surface area contributed by atoms with Crippen LogP contribution in [0, 0.1) is 12.5 Å². The summed E-state index contributed by atoms with van der Waals surface area (Å²) in [7, 11) is 2.17. The summed E-state index contributed by atoms with van der Waals surface area (Å²) in [6.45, 7) is 13.2. The molecule has 1 aromatic carbocycles. The van der Waals surface area contributed by atoms with E-state index in [9.17, 15) is 0 Å². The molecule has 0 amide bonds. The molecule has 37 heavy (non-hydrogen) atoms. The second-order valence-electron chi connectivity index (χ2n) is 10.7. The number of rotatable bonds is 6. The van der Waals surface area contributed by atoms with E-state index >= 15 is 0 Å². The van der Waals surface area contributed by atoms with E-state index in [1.54, 1.807) is 0 Å². The number of hydrogen-bond acceptors (Lipinski definition) is 7. The first-order valence-corrected chi connectivity index (χ1v) is 13.6. The van der Waals surface area contributed by atoms with Crippen molar-refractivity contribution in [1.29, 1.82) is 0 Å². The fourth-order valence-electron chi connectivity index (χ4n) is 6.18. The van der Waals surface area contributed by atoms with Crippen molar-refractivity contribution in [2.45, 2.75) is 44.7 Å². The monoisotopic (exact) mass is 497 g/mol. The summed E-state index contributed by atoms with van der Waals surface area (Å²) in [4.78, 5) is 25.4. The SMILES string of the molecule is [C-]#[N+]CC1CCCN(c2nc(OC[C@@H]3CCCN3C)nc3c2CCN(c2cccc4ncccc24)C3)C1. The van der Waals surface area contributed by atoms with Gasteiger partial charge in [-0.25, -0.2) is 6.57 Å². The average Bonchev–Trinajstić information content (AvgIpc) is 3.35. The van der Waals surface area contributed by atoms with E-state index in [4.69, 9.17) is 21.3 Å². The molecule has 0 radical (unpaired) electrons. The van der Waals surface area contributed by atoms with Crippen LogP contribution in [0.5, 0.6) is 6.01 Å². The van der Waals surface area contributed by atoms with Crippen LogP contribution in [0.25, 0.3) is 15.7 Å². The van der Waals surface area contributed by atoms with Gasteiger partial charge in [0, 0.05) is 54.4 Å². The molecule has 2 saturated heterocycles. The molecule has 0 N–H and O–H groups in total. The Hall–Kier alpha value is -3.44. The van der Waals surface area contributed by atoms with Crippen LogP contribution in [0.4, 0.5) is 11.5 Å². The van der Waals surface area contributed by atoms with E-state index in [0.29, 0.717) is 31.1 Å². The highest BCUT2D eigenvalue weighted by Crippen LogP contribution is 2.35. The van der Waals surface area contributed by atoms with Crippen LogP contribution >= 0.6 is 0 Å². The Morgan fingerprint density at radius 1 is 1.05 bits per heavy atom. The van der Waals surface area contributed by atoms with Gasteiger partial charge >= 0.3 is 6.01 Å². The van der Waals surface area contributed by atoms with Gasteiger partial charge in [-0.15, -0.1) is 0 Å². The number of likely N-dealkylation sites (N-methyl/N-ethyl adjacent to an activating group) is 1. The van der Waals surface area contributed by atoms with Crippen LogP contribution in [0.1, 0.15) is 36.9 Å². The van der Waals surface area contributed by atoms with Crippen LogP contribution in [-0.4, -0.2) is 72.3 Å². The molecule has 5 heterocycles. The van der Waals surface area contributed by atoms with E-state index < -0.39 is 0 Å². The van der Waals surface area contributed by atoms with Gasteiger partial charge in [-0.3, -0.25) is 4.98 Å². The zero-order valence-corrected chi connectivity index (χ0v) is 21.6. The Balaban J connectivity index is 1.32. The third-order valence-corrected chi connectivity index (χ3v) is 8.23. The smallest absolute Gasteiger partial charge is 0.318 e. The predicted molar refractivity (Wildman–Crippen MR) is 146 cm³/mol. The fourth-order valence-corrected chi connectivity index (χ4v) is 6.18. The van der Waals surface area contributed by atoms with Crippen molar-refractivity contribution in [2.24, 2.45) is 5.92 Å². The molecule has 2 atom stereocenters. The van der Waals surface area contributed by atoms with Crippen molar-refractivity contribution in [1.82, 2.24) is 19.9 Å². The van der Waals surface area contributed by atoms with E-state index in [2.05, 4.69) is 55.8 Å². The number of hydrogen-bond donors (Lipinski definition) is 0. The summed E-state index contributed by atoms with van der Waals surface area (Å²) in [5, 5.41) is 1.17. The highest BCUT2D eigenvalue weighted by Gasteiger charge is 2.30. The number of piperidine rings is 1. The number of aromatic nitrogens is 3. The topological polar surface area (TPSA) is 62.0 Å². The van der Waals surface area contributed by atoms with Gasteiger partial charge in [0.15, 0.2) is 0 Å². The number of anilines is 2. The normalized spacial score (nSPS) is 22.2. The lowest BCUT2D eigenvalue weighted by atomic mass is 9.96.